The Morgan fingerprint density at radius 1 is 0.889 bits per heavy atom. The topological polar surface area (TPSA) is 0 Å². The van der Waals surface area contributed by atoms with E-state index in [4.69, 9.17) is 0 Å². The Kier molecular flexibility index (Phi) is 22.7. The minimum atomic E-state index is 0. The van der Waals surface area contributed by atoms with E-state index in [1.165, 1.54) is 18.5 Å². The van der Waals surface area contributed by atoms with E-state index < -0.39 is 0 Å². The van der Waals surface area contributed by atoms with Gasteiger partial charge in [-0.25, -0.2) is 0 Å². The molecular weight excluding hydrogens is 335 g/mol. The number of rotatable bonds is 3. The van der Waals surface area contributed by atoms with Gasteiger partial charge in [-0.2, -0.15) is 0 Å². The van der Waals surface area contributed by atoms with Gasteiger partial charge in [-0.05, 0) is 18.5 Å². The second-order valence-corrected chi connectivity index (χ2v) is 4.86. The van der Waals surface area contributed by atoms with Crippen LogP contribution >= 0.6 is 7.92 Å². The Balaban J connectivity index is -0.000000180. The van der Waals surface area contributed by atoms with Gasteiger partial charge in [0.1, 0.15) is 0 Å². The largest absolute Gasteiger partial charge is 1.00 e. The number of halogens is 1. The molecule has 0 saturated carbocycles. The van der Waals surface area contributed by atoms with Crippen molar-refractivity contribution in [1.82, 2.24) is 0 Å². The van der Waals surface area contributed by atoms with Crippen LogP contribution in [-0.2, 0) is 22.4 Å². The molecule has 9 heavy (non-hydrogen) atoms. The smallest absolute Gasteiger partial charge is 0.108 e. The molecule has 0 N–H and O–H groups in total. The molecule has 0 aromatic carbocycles. The Bertz CT molecular complexity index is 34.5. The van der Waals surface area contributed by atoms with E-state index in [1.54, 1.807) is 0 Å². The second kappa shape index (κ2) is 12.2. The van der Waals surface area contributed by atoms with Crippen LogP contribution in [0.5, 0.6) is 0 Å². The van der Waals surface area contributed by atoms with E-state index in [-0.39, 0.29) is 34.8 Å². The molecule has 0 aromatic rings. The van der Waals surface area contributed by atoms with Gasteiger partial charge in [-0.3, -0.25) is 0 Å². The molecule has 0 saturated heterocycles. The molecule has 62 valence electrons. The Labute approximate surface area is 81.9 Å². The fraction of sp³-hybridized carbons (Fsp3) is 1.00. The third-order valence-corrected chi connectivity index (χ3v) is 4.02. The van der Waals surface area contributed by atoms with Crippen molar-refractivity contribution in [3.05, 3.63) is 0 Å². The molecule has 0 atom stereocenters. The first-order valence-corrected chi connectivity index (χ1v) is 4.97. The molecule has 0 amide bonds. The first kappa shape index (κ1) is 16.8. The molecule has 0 nitrogen and oxygen atoms in total. The summed E-state index contributed by atoms with van der Waals surface area (Å²) in [6.45, 7) is 6.87. The van der Waals surface area contributed by atoms with E-state index in [0.29, 0.717) is 7.92 Å². The van der Waals surface area contributed by atoms with Crippen LogP contribution in [0.25, 0.3) is 0 Å². The van der Waals surface area contributed by atoms with Crippen LogP contribution < -0.4 is 0 Å². The van der Waals surface area contributed by atoms with Crippen LogP contribution in [0.15, 0.2) is 0 Å². The molecule has 0 aliphatic rings. The van der Waals surface area contributed by atoms with Crippen molar-refractivity contribution >= 4 is 7.92 Å². The fourth-order valence-electron chi connectivity index (χ4n) is 0.671. The third kappa shape index (κ3) is 9.46. The predicted molar refractivity (Wildman–Crippen MR) is 41.3 cm³/mol. The molecule has 0 aliphatic heterocycles. The zero-order chi connectivity index (χ0) is 5.70. The Morgan fingerprint density at radius 3 is 1.11 bits per heavy atom. The molecule has 0 heterocycles. The average molecular weight is 353 g/mol. The van der Waals surface area contributed by atoms with E-state index in [2.05, 4.69) is 20.8 Å². The second-order valence-electron chi connectivity index (χ2n) is 1.62. The van der Waals surface area contributed by atoms with Crippen molar-refractivity contribution < 1.29 is 34.8 Å². The molecule has 0 radical (unpaired) electrons. The van der Waals surface area contributed by atoms with E-state index >= 15 is 0 Å². The summed E-state index contributed by atoms with van der Waals surface area (Å²) < 4.78 is 0. The molecule has 0 aromatic heterocycles. The van der Waals surface area contributed by atoms with Crippen LogP contribution in [0.3, 0.4) is 0 Å². The Hall–Kier alpha value is 1.46. The standard InChI is InChI=1S/C6H15P.Au.ClH2/c1-4-7(5-2)6-3;;/h4-6H2,1-3H3;;1H2/q;2*+1. The summed E-state index contributed by atoms with van der Waals surface area (Å²) in [5, 5.41) is 0. The van der Waals surface area contributed by atoms with E-state index in [9.17, 15) is 0 Å². The molecule has 0 spiro atoms. The van der Waals surface area contributed by atoms with Gasteiger partial charge in [-0.15, -0.1) is 7.92 Å². The summed E-state index contributed by atoms with van der Waals surface area (Å²) >= 11 is 0. The van der Waals surface area contributed by atoms with Gasteiger partial charge in [0.15, 0.2) is 0 Å². The maximum Gasteiger partial charge on any atom is 1.00 e. The summed E-state index contributed by atoms with van der Waals surface area (Å²) in [5.41, 5.74) is 0. The molecule has 0 aliphatic carbocycles. The number of hydrogen-bond donors (Lipinski definition) is 0. The molecule has 0 unspecified atom stereocenters. The van der Waals surface area contributed by atoms with Crippen LogP contribution in [0.2, 0.25) is 0 Å². The first-order chi connectivity index (χ1) is 3.35. The van der Waals surface area contributed by atoms with Crippen molar-refractivity contribution in [3.8, 4) is 0 Å². The van der Waals surface area contributed by atoms with Crippen LogP contribution in [0, 0.1) is 12.4 Å². The maximum atomic E-state index is 2.29. The minimum absolute atomic E-state index is 0. The van der Waals surface area contributed by atoms with Crippen LogP contribution in [0.1, 0.15) is 20.8 Å². The van der Waals surface area contributed by atoms with Crippen molar-refractivity contribution in [2.75, 3.05) is 18.5 Å². The zero-order valence-electron chi connectivity index (χ0n) is 6.32. The molecule has 0 rings (SSSR count). The molecular formula is C6H17AuClP+2. The van der Waals surface area contributed by atoms with E-state index in [1.807, 2.05) is 0 Å². The molecule has 0 fully saturated rings. The SMILES string of the molecule is CCP(CC)CC.[Au+].[ClH2+]. The summed E-state index contributed by atoms with van der Waals surface area (Å²) in [4.78, 5) is 0. The summed E-state index contributed by atoms with van der Waals surface area (Å²) in [6.07, 6.45) is 4.26. The Morgan fingerprint density at radius 2 is 1.11 bits per heavy atom. The van der Waals surface area contributed by atoms with Gasteiger partial charge >= 0.3 is 22.4 Å². The van der Waals surface area contributed by atoms with Gasteiger partial charge in [-0.1, -0.05) is 20.8 Å². The number of hydrogen-bond acceptors (Lipinski definition) is 0. The van der Waals surface area contributed by atoms with Crippen molar-refractivity contribution in [1.29, 1.82) is 0 Å². The predicted octanol–water partition coefficient (Wildman–Crippen LogP) is 1.99. The minimum Gasteiger partial charge on any atom is -0.108 e. The van der Waals surface area contributed by atoms with E-state index in [0.717, 1.165) is 0 Å². The van der Waals surface area contributed by atoms with Crippen LogP contribution in [-0.4, -0.2) is 18.5 Å². The maximum absolute atomic E-state index is 2.29. The van der Waals surface area contributed by atoms with Crippen LogP contribution in [0.4, 0.5) is 0 Å². The third-order valence-electron chi connectivity index (χ3n) is 1.34. The molecule has 3 heteroatoms. The zero-order valence-corrected chi connectivity index (χ0v) is 10.3. The van der Waals surface area contributed by atoms with Gasteiger partial charge < -0.3 is 0 Å². The normalized spacial score (nSPS) is 8.00. The first-order valence-electron chi connectivity index (χ1n) is 3.07. The molecule has 0 bridgehead atoms. The van der Waals surface area contributed by atoms with Gasteiger partial charge in [0.25, 0.3) is 0 Å². The quantitative estimate of drug-likeness (QED) is 0.538. The van der Waals surface area contributed by atoms with Crippen molar-refractivity contribution in [2.45, 2.75) is 20.8 Å². The average Bonchev–Trinajstić information content (AvgIpc) is 1.72. The summed E-state index contributed by atoms with van der Waals surface area (Å²) in [5.74, 6) is 0. The fourth-order valence-corrected chi connectivity index (χ4v) is 2.01. The van der Waals surface area contributed by atoms with Gasteiger partial charge in [0, 0.05) is 0 Å². The van der Waals surface area contributed by atoms with Crippen molar-refractivity contribution in [3.63, 3.8) is 0 Å². The van der Waals surface area contributed by atoms with Gasteiger partial charge in [0.05, 0.1) is 12.4 Å². The summed E-state index contributed by atoms with van der Waals surface area (Å²) in [6, 6.07) is 0. The van der Waals surface area contributed by atoms with Crippen molar-refractivity contribution in [2.24, 2.45) is 0 Å². The summed E-state index contributed by atoms with van der Waals surface area (Å²) in [7, 11) is 0.446. The monoisotopic (exact) mass is 352 g/mol. The van der Waals surface area contributed by atoms with Gasteiger partial charge in [0.2, 0.25) is 0 Å².